The SMILES string of the molecule is CN=C(NCCNC(=O)OC(C)(C)C)NCc1nnc2n1CCCCC2.I. The van der Waals surface area contributed by atoms with Gasteiger partial charge in [0.05, 0.1) is 6.54 Å². The lowest BCUT2D eigenvalue weighted by Gasteiger charge is -2.19. The molecular formula is C17H32IN7O2. The zero-order valence-electron chi connectivity index (χ0n) is 16.7. The summed E-state index contributed by atoms with van der Waals surface area (Å²) >= 11 is 0. The molecule has 0 fully saturated rings. The lowest BCUT2D eigenvalue weighted by molar-refractivity contribution is 0.0529. The highest BCUT2D eigenvalue weighted by Gasteiger charge is 2.16. The molecular weight excluding hydrogens is 461 g/mol. The molecule has 27 heavy (non-hydrogen) atoms. The molecule has 0 spiro atoms. The fourth-order valence-electron chi connectivity index (χ4n) is 2.72. The molecule has 10 heteroatoms. The van der Waals surface area contributed by atoms with Crippen LogP contribution in [-0.2, 0) is 24.2 Å². The second-order valence-corrected chi connectivity index (χ2v) is 7.28. The first-order valence-electron chi connectivity index (χ1n) is 9.21. The number of hydrogen-bond donors (Lipinski definition) is 3. The Kier molecular flexibility index (Phi) is 9.81. The van der Waals surface area contributed by atoms with Crippen LogP contribution in [0.15, 0.2) is 4.99 Å². The Morgan fingerprint density at radius 1 is 1.15 bits per heavy atom. The molecule has 0 radical (unpaired) electrons. The van der Waals surface area contributed by atoms with E-state index in [4.69, 9.17) is 4.74 Å². The smallest absolute Gasteiger partial charge is 0.407 e. The Hall–Kier alpha value is -1.59. The van der Waals surface area contributed by atoms with Crippen LogP contribution >= 0.6 is 24.0 Å². The van der Waals surface area contributed by atoms with E-state index in [0.29, 0.717) is 25.6 Å². The van der Waals surface area contributed by atoms with Crippen molar-refractivity contribution in [1.29, 1.82) is 0 Å². The molecule has 1 aliphatic heterocycles. The van der Waals surface area contributed by atoms with Crippen molar-refractivity contribution in [3.63, 3.8) is 0 Å². The minimum Gasteiger partial charge on any atom is -0.444 e. The molecule has 0 unspecified atom stereocenters. The van der Waals surface area contributed by atoms with E-state index >= 15 is 0 Å². The number of aromatic nitrogens is 3. The summed E-state index contributed by atoms with van der Waals surface area (Å²) in [4.78, 5) is 15.8. The van der Waals surface area contributed by atoms with Crippen LogP contribution in [0.25, 0.3) is 0 Å². The van der Waals surface area contributed by atoms with Crippen molar-refractivity contribution in [2.75, 3.05) is 20.1 Å². The molecule has 0 saturated carbocycles. The van der Waals surface area contributed by atoms with E-state index in [1.165, 1.54) is 19.3 Å². The summed E-state index contributed by atoms with van der Waals surface area (Å²) in [7, 11) is 1.71. The van der Waals surface area contributed by atoms with Gasteiger partial charge in [-0.3, -0.25) is 4.99 Å². The minimum absolute atomic E-state index is 0. The highest BCUT2D eigenvalue weighted by molar-refractivity contribution is 14.0. The van der Waals surface area contributed by atoms with Crippen molar-refractivity contribution in [1.82, 2.24) is 30.7 Å². The first-order chi connectivity index (χ1) is 12.4. The molecule has 1 aromatic rings. The normalized spacial score (nSPS) is 14.4. The number of halogens is 1. The number of amides is 1. The van der Waals surface area contributed by atoms with E-state index in [9.17, 15) is 4.79 Å². The second kappa shape index (κ2) is 11.3. The molecule has 0 aliphatic carbocycles. The maximum absolute atomic E-state index is 11.6. The largest absolute Gasteiger partial charge is 0.444 e. The van der Waals surface area contributed by atoms with Gasteiger partial charge in [-0.2, -0.15) is 0 Å². The number of alkyl carbamates (subject to hydrolysis) is 1. The van der Waals surface area contributed by atoms with Crippen LogP contribution in [-0.4, -0.2) is 52.6 Å². The van der Waals surface area contributed by atoms with E-state index in [0.717, 1.165) is 24.6 Å². The van der Waals surface area contributed by atoms with E-state index in [1.54, 1.807) is 7.05 Å². The number of guanidine groups is 1. The van der Waals surface area contributed by atoms with Crippen LogP contribution in [0.3, 0.4) is 0 Å². The molecule has 0 saturated heterocycles. The van der Waals surface area contributed by atoms with Crippen LogP contribution in [0.4, 0.5) is 4.79 Å². The van der Waals surface area contributed by atoms with Crippen LogP contribution < -0.4 is 16.0 Å². The van der Waals surface area contributed by atoms with Gasteiger partial charge in [-0.25, -0.2) is 4.79 Å². The molecule has 1 aromatic heterocycles. The molecule has 1 amide bonds. The molecule has 9 nitrogen and oxygen atoms in total. The molecule has 3 N–H and O–H groups in total. The van der Waals surface area contributed by atoms with Crippen LogP contribution in [0.1, 0.15) is 51.7 Å². The number of carbonyl (C=O) groups excluding carboxylic acids is 1. The summed E-state index contributed by atoms with van der Waals surface area (Å²) in [5, 5.41) is 17.7. The third kappa shape index (κ3) is 8.31. The molecule has 1 aliphatic rings. The van der Waals surface area contributed by atoms with Gasteiger partial charge in [0.2, 0.25) is 0 Å². The van der Waals surface area contributed by atoms with Crippen LogP contribution in [0, 0.1) is 0 Å². The standard InChI is InChI=1S/C17H31N7O2.HI/c1-17(2,3)26-16(25)20-10-9-19-15(18-4)21-12-14-23-22-13-8-6-5-7-11-24(13)14;/h5-12H2,1-4H3,(H,20,25)(H2,18,19,21);1H. The number of nitrogens with zero attached hydrogens (tertiary/aromatic N) is 4. The van der Waals surface area contributed by atoms with Gasteiger partial charge in [-0.15, -0.1) is 34.2 Å². The van der Waals surface area contributed by atoms with Crippen molar-refractivity contribution < 1.29 is 9.53 Å². The zero-order chi connectivity index (χ0) is 19.0. The second-order valence-electron chi connectivity index (χ2n) is 7.28. The van der Waals surface area contributed by atoms with Crippen LogP contribution in [0.2, 0.25) is 0 Å². The van der Waals surface area contributed by atoms with Crippen molar-refractivity contribution in [3.8, 4) is 0 Å². The summed E-state index contributed by atoms with van der Waals surface area (Å²) in [6.45, 7) is 8.02. The Bertz CT molecular complexity index is 625. The third-order valence-corrected chi connectivity index (χ3v) is 3.91. The first kappa shape index (κ1) is 23.4. The predicted octanol–water partition coefficient (Wildman–Crippen LogP) is 1.81. The highest BCUT2D eigenvalue weighted by Crippen LogP contribution is 2.14. The summed E-state index contributed by atoms with van der Waals surface area (Å²) in [6.07, 6.45) is 4.16. The number of aliphatic imine (C=N–C) groups is 1. The Morgan fingerprint density at radius 3 is 2.59 bits per heavy atom. The minimum atomic E-state index is -0.495. The summed E-state index contributed by atoms with van der Waals surface area (Å²) in [5.74, 6) is 2.66. The van der Waals surface area contributed by atoms with Gasteiger partial charge in [-0.1, -0.05) is 6.42 Å². The quantitative estimate of drug-likeness (QED) is 0.250. The maximum Gasteiger partial charge on any atom is 0.407 e. The first-order valence-corrected chi connectivity index (χ1v) is 9.21. The summed E-state index contributed by atoms with van der Waals surface area (Å²) in [5.41, 5.74) is -0.495. The summed E-state index contributed by atoms with van der Waals surface area (Å²) in [6, 6.07) is 0. The lowest BCUT2D eigenvalue weighted by atomic mass is 10.2. The molecule has 2 rings (SSSR count). The Labute approximate surface area is 178 Å². The molecule has 0 atom stereocenters. The van der Waals surface area contributed by atoms with Gasteiger partial charge in [0.1, 0.15) is 11.4 Å². The number of hydrogen-bond acceptors (Lipinski definition) is 5. The van der Waals surface area contributed by atoms with E-state index < -0.39 is 11.7 Å². The van der Waals surface area contributed by atoms with Crippen LogP contribution in [0.5, 0.6) is 0 Å². The molecule has 154 valence electrons. The van der Waals surface area contributed by atoms with E-state index in [2.05, 4.69) is 35.7 Å². The average molecular weight is 493 g/mol. The number of carbonyl (C=O) groups is 1. The van der Waals surface area contributed by atoms with Crippen molar-refractivity contribution in [2.24, 2.45) is 4.99 Å². The fraction of sp³-hybridized carbons (Fsp3) is 0.765. The number of rotatable bonds is 5. The number of ether oxygens (including phenoxy) is 1. The topological polar surface area (TPSA) is 105 Å². The Morgan fingerprint density at radius 2 is 1.89 bits per heavy atom. The van der Waals surface area contributed by atoms with Crippen molar-refractivity contribution in [3.05, 3.63) is 11.6 Å². The highest BCUT2D eigenvalue weighted by atomic mass is 127. The maximum atomic E-state index is 11.6. The molecule has 0 bridgehead atoms. The molecule has 0 aromatic carbocycles. The van der Waals surface area contributed by atoms with Crippen molar-refractivity contribution >= 4 is 36.0 Å². The fourth-order valence-corrected chi connectivity index (χ4v) is 2.72. The van der Waals surface area contributed by atoms with E-state index in [1.807, 2.05) is 20.8 Å². The molecule has 2 heterocycles. The van der Waals surface area contributed by atoms with E-state index in [-0.39, 0.29) is 24.0 Å². The lowest BCUT2D eigenvalue weighted by Crippen LogP contribution is -2.42. The van der Waals surface area contributed by atoms with Crippen molar-refractivity contribution in [2.45, 2.75) is 65.1 Å². The van der Waals surface area contributed by atoms with Gasteiger partial charge in [-0.05, 0) is 33.6 Å². The van der Waals surface area contributed by atoms with Gasteiger partial charge >= 0.3 is 6.09 Å². The van der Waals surface area contributed by atoms with Gasteiger partial charge in [0.25, 0.3) is 0 Å². The Balaban J connectivity index is 0.00000364. The van der Waals surface area contributed by atoms with Gasteiger partial charge < -0.3 is 25.3 Å². The number of fused-ring (bicyclic) bond motifs is 1. The monoisotopic (exact) mass is 493 g/mol. The van der Waals surface area contributed by atoms with Gasteiger partial charge in [0.15, 0.2) is 11.8 Å². The van der Waals surface area contributed by atoms with Gasteiger partial charge in [0, 0.05) is 33.1 Å². The average Bonchev–Trinajstić information content (AvgIpc) is 2.79. The number of nitrogens with one attached hydrogen (secondary N) is 3. The number of aryl methyl sites for hydroxylation is 1. The third-order valence-electron chi connectivity index (χ3n) is 3.91. The zero-order valence-corrected chi connectivity index (χ0v) is 19.0. The summed E-state index contributed by atoms with van der Waals surface area (Å²) < 4.78 is 7.39. The predicted molar refractivity (Wildman–Crippen MR) is 115 cm³/mol.